The molecule has 0 bridgehead atoms. The van der Waals surface area contributed by atoms with Crippen LogP contribution in [0.2, 0.25) is 0 Å². The average Bonchev–Trinajstić information content (AvgIpc) is 1.90. The van der Waals surface area contributed by atoms with E-state index in [-0.39, 0.29) is 5.92 Å². The van der Waals surface area contributed by atoms with E-state index >= 15 is 0 Å². The summed E-state index contributed by atoms with van der Waals surface area (Å²) in [7, 11) is 0. The van der Waals surface area contributed by atoms with Crippen LogP contribution in [0.5, 0.6) is 0 Å². The SMILES string of the molecule is CCC(=NO)C(C)CN. The number of oxime groups is 1. The van der Waals surface area contributed by atoms with Crippen LogP contribution in [0.3, 0.4) is 0 Å². The van der Waals surface area contributed by atoms with Crippen LogP contribution in [0.25, 0.3) is 0 Å². The van der Waals surface area contributed by atoms with Gasteiger partial charge in [-0.2, -0.15) is 0 Å². The lowest BCUT2D eigenvalue weighted by molar-refractivity contribution is 0.314. The molecule has 0 fully saturated rings. The molecule has 0 aromatic rings. The van der Waals surface area contributed by atoms with E-state index in [1.165, 1.54) is 0 Å². The highest BCUT2D eigenvalue weighted by molar-refractivity contribution is 5.85. The number of nitrogens with two attached hydrogens (primary N) is 1. The summed E-state index contributed by atoms with van der Waals surface area (Å²) < 4.78 is 0. The highest BCUT2D eigenvalue weighted by Crippen LogP contribution is 1.98. The molecule has 9 heavy (non-hydrogen) atoms. The highest BCUT2D eigenvalue weighted by Gasteiger charge is 2.05. The van der Waals surface area contributed by atoms with E-state index in [0.29, 0.717) is 6.54 Å². The molecular formula is C6H14N2O. The van der Waals surface area contributed by atoms with Crippen molar-refractivity contribution in [3.05, 3.63) is 0 Å². The van der Waals surface area contributed by atoms with Gasteiger partial charge in [-0.05, 0) is 6.42 Å². The molecule has 54 valence electrons. The van der Waals surface area contributed by atoms with Crippen molar-refractivity contribution in [2.24, 2.45) is 16.8 Å². The third-order valence-electron chi connectivity index (χ3n) is 1.41. The molecule has 3 N–H and O–H groups in total. The van der Waals surface area contributed by atoms with Gasteiger partial charge in [0.1, 0.15) is 0 Å². The van der Waals surface area contributed by atoms with Crippen LogP contribution in [0.4, 0.5) is 0 Å². The zero-order valence-electron chi connectivity index (χ0n) is 5.96. The molecule has 0 aliphatic carbocycles. The predicted octanol–water partition coefficient (Wildman–Crippen LogP) is 0.821. The van der Waals surface area contributed by atoms with Gasteiger partial charge in [0.2, 0.25) is 0 Å². The molecular weight excluding hydrogens is 116 g/mol. The summed E-state index contributed by atoms with van der Waals surface area (Å²) >= 11 is 0. The minimum atomic E-state index is 0.208. The van der Waals surface area contributed by atoms with Crippen LogP contribution < -0.4 is 5.73 Å². The molecule has 0 aromatic carbocycles. The van der Waals surface area contributed by atoms with E-state index in [9.17, 15) is 0 Å². The van der Waals surface area contributed by atoms with E-state index in [2.05, 4.69) is 5.16 Å². The van der Waals surface area contributed by atoms with Crippen LogP contribution in [0.1, 0.15) is 20.3 Å². The van der Waals surface area contributed by atoms with E-state index < -0.39 is 0 Å². The summed E-state index contributed by atoms with van der Waals surface area (Å²) in [4.78, 5) is 0. The Balaban J connectivity index is 3.80. The van der Waals surface area contributed by atoms with E-state index in [0.717, 1.165) is 12.1 Å². The zero-order valence-corrected chi connectivity index (χ0v) is 5.96. The molecule has 1 atom stereocenters. The molecule has 0 aromatic heterocycles. The Morgan fingerprint density at radius 2 is 2.33 bits per heavy atom. The Morgan fingerprint density at radius 3 is 2.44 bits per heavy atom. The van der Waals surface area contributed by atoms with Crippen molar-refractivity contribution in [2.75, 3.05) is 6.54 Å². The zero-order chi connectivity index (χ0) is 7.28. The monoisotopic (exact) mass is 130 g/mol. The molecule has 3 heteroatoms. The van der Waals surface area contributed by atoms with Crippen LogP contribution in [0, 0.1) is 5.92 Å². The normalized spacial score (nSPS) is 15.7. The maximum absolute atomic E-state index is 8.36. The van der Waals surface area contributed by atoms with Gasteiger partial charge < -0.3 is 10.9 Å². The number of hydrogen-bond acceptors (Lipinski definition) is 3. The lowest BCUT2D eigenvalue weighted by Crippen LogP contribution is -2.19. The first kappa shape index (κ1) is 8.43. The van der Waals surface area contributed by atoms with Gasteiger partial charge in [-0.3, -0.25) is 0 Å². The third kappa shape index (κ3) is 2.46. The van der Waals surface area contributed by atoms with Gasteiger partial charge in [0.15, 0.2) is 0 Å². The molecule has 0 spiro atoms. The van der Waals surface area contributed by atoms with Gasteiger partial charge >= 0.3 is 0 Å². The Hall–Kier alpha value is -0.570. The van der Waals surface area contributed by atoms with Crippen LogP contribution in [-0.4, -0.2) is 17.5 Å². The van der Waals surface area contributed by atoms with Gasteiger partial charge in [0.25, 0.3) is 0 Å². The third-order valence-corrected chi connectivity index (χ3v) is 1.41. The number of hydrogen-bond donors (Lipinski definition) is 2. The highest BCUT2D eigenvalue weighted by atomic mass is 16.4. The molecule has 0 amide bonds. The molecule has 0 saturated carbocycles. The fourth-order valence-corrected chi connectivity index (χ4v) is 0.654. The maximum atomic E-state index is 8.36. The second-order valence-corrected chi connectivity index (χ2v) is 2.08. The summed E-state index contributed by atoms with van der Waals surface area (Å²) in [5, 5.41) is 11.5. The van der Waals surface area contributed by atoms with Crippen LogP contribution >= 0.6 is 0 Å². The Kier molecular flexibility index (Phi) is 4.05. The maximum Gasteiger partial charge on any atom is 0.0608 e. The molecule has 1 unspecified atom stereocenters. The molecule has 0 rings (SSSR count). The number of rotatable bonds is 3. The van der Waals surface area contributed by atoms with Crippen LogP contribution in [-0.2, 0) is 0 Å². The first-order chi connectivity index (χ1) is 4.26. The fraction of sp³-hybridized carbons (Fsp3) is 0.833. The smallest absolute Gasteiger partial charge is 0.0608 e. The molecule has 0 aliphatic rings. The second kappa shape index (κ2) is 4.32. The van der Waals surface area contributed by atoms with Gasteiger partial charge in [0, 0.05) is 12.5 Å². The Morgan fingerprint density at radius 1 is 1.78 bits per heavy atom. The summed E-state index contributed by atoms with van der Waals surface area (Å²) in [6.07, 6.45) is 0.773. The fourth-order valence-electron chi connectivity index (χ4n) is 0.654. The summed E-state index contributed by atoms with van der Waals surface area (Å²) in [5.74, 6) is 0.208. The number of nitrogens with zero attached hydrogens (tertiary/aromatic N) is 1. The van der Waals surface area contributed by atoms with Gasteiger partial charge in [-0.25, -0.2) is 0 Å². The van der Waals surface area contributed by atoms with Crippen molar-refractivity contribution in [1.82, 2.24) is 0 Å². The summed E-state index contributed by atoms with van der Waals surface area (Å²) in [6, 6.07) is 0. The predicted molar refractivity (Wildman–Crippen MR) is 37.7 cm³/mol. The topological polar surface area (TPSA) is 58.6 Å². The van der Waals surface area contributed by atoms with Gasteiger partial charge in [-0.1, -0.05) is 19.0 Å². The lowest BCUT2D eigenvalue weighted by Gasteiger charge is -2.06. The minimum Gasteiger partial charge on any atom is -0.411 e. The van der Waals surface area contributed by atoms with Crippen molar-refractivity contribution < 1.29 is 5.21 Å². The van der Waals surface area contributed by atoms with Gasteiger partial charge in [0.05, 0.1) is 5.71 Å². The van der Waals surface area contributed by atoms with E-state index in [4.69, 9.17) is 10.9 Å². The van der Waals surface area contributed by atoms with Crippen molar-refractivity contribution in [3.8, 4) is 0 Å². The summed E-state index contributed by atoms with van der Waals surface area (Å²) in [5.41, 5.74) is 6.11. The Bertz CT molecular complexity index is 101. The molecule has 0 aliphatic heterocycles. The van der Waals surface area contributed by atoms with Crippen molar-refractivity contribution in [1.29, 1.82) is 0 Å². The molecule has 0 heterocycles. The van der Waals surface area contributed by atoms with E-state index in [1.807, 2.05) is 13.8 Å². The second-order valence-electron chi connectivity index (χ2n) is 2.08. The lowest BCUT2D eigenvalue weighted by atomic mass is 10.0. The quantitative estimate of drug-likeness (QED) is 0.337. The molecule has 3 nitrogen and oxygen atoms in total. The minimum absolute atomic E-state index is 0.208. The van der Waals surface area contributed by atoms with Crippen molar-refractivity contribution >= 4 is 5.71 Å². The van der Waals surface area contributed by atoms with Crippen molar-refractivity contribution in [3.63, 3.8) is 0 Å². The first-order valence-corrected chi connectivity index (χ1v) is 3.17. The summed E-state index contributed by atoms with van der Waals surface area (Å²) in [6.45, 7) is 4.44. The first-order valence-electron chi connectivity index (χ1n) is 3.17. The average molecular weight is 130 g/mol. The van der Waals surface area contributed by atoms with E-state index in [1.54, 1.807) is 0 Å². The van der Waals surface area contributed by atoms with Crippen LogP contribution in [0.15, 0.2) is 5.16 Å². The van der Waals surface area contributed by atoms with Gasteiger partial charge in [-0.15, -0.1) is 0 Å². The largest absolute Gasteiger partial charge is 0.411 e. The Labute approximate surface area is 55.5 Å². The standard InChI is InChI=1S/C6H14N2O/c1-3-6(8-9)5(2)4-7/h5,9H,3-4,7H2,1-2H3. The van der Waals surface area contributed by atoms with Crippen molar-refractivity contribution in [2.45, 2.75) is 20.3 Å². The molecule has 0 saturated heterocycles. The molecule has 0 radical (unpaired) electrons.